The number of hydrogen-bond donors (Lipinski definition) is 0. The highest BCUT2D eigenvalue weighted by molar-refractivity contribution is 9.10. The van der Waals surface area contributed by atoms with Crippen LogP contribution < -0.4 is 4.74 Å². The van der Waals surface area contributed by atoms with E-state index in [2.05, 4.69) is 22.0 Å². The van der Waals surface area contributed by atoms with Gasteiger partial charge in [0, 0.05) is 11.5 Å². The molecular formula is C11H8BrNO2. The topological polar surface area (TPSA) is 46.2 Å². The summed E-state index contributed by atoms with van der Waals surface area (Å²) in [5.74, 6) is 1.33. The highest BCUT2D eigenvalue weighted by Gasteiger charge is 2.13. The summed E-state index contributed by atoms with van der Waals surface area (Å²) in [6.07, 6.45) is 0. The lowest BCUT2D eigenvalue weighted by Crippen LogP contribution is -1.83. The van der Waals surface area contributed by atoms with Crippen molar-refractivity contribution in [1.82, 2.24) is 0 Å². The van der Waals surface area contributed by atoms with E-state index < -0.39 is 0 Å². The van der Waals surface area contributed by atoms with Crippen LogP contribution in [-0.2, 0) is 0 Å². The SMILES string of the molecule is COc1cc2oc(C)c(C#N)c2cc1Br. The van der Waals surface area contributed by atoms with Crippen molar-refractivity contribution in [1.29, 1.82) is 5.26 Å². The second kappa shape index (κ2) is 3.59. The normalized spacial score (nSPS) is 10.3. The summed E-state index contributed by atoms with van der Waals surface area (Å²) >= 11 is 3.37. The number of halogens is 1. The van der Waals surface area contributed by atoms with Crippen LogP contribution in [0.4, 0.5) is 0 Å². The Morgan fingerprint density at radius 3 is 2.80 bits per heavy atom. The number of methoxy groups -OCH3 is 1. The van der Waals surface area contributed by atoms with Crippen LogP contribution in [0.5, 0.6) is 5.75 Å². The van der Waals surface area contributed by atoms with Crippen LogP contribution in [0.15, 0.2) is 21.0 Å². The summed E-state index contributed by atoms with van der Waals surface area (Å²) in [5, 5.41) is 9.77. The molecule has 0 saturated heterocycles. The Hall–Kier alpha value is -1.47. The Kier molecular flexibility index (Phi) is 2.41. The van der Waals surface area contributed by atoms with Crippen LogP contribution in [0.2, 0.25) is 0 Å². The molecule has 0 aliphatic heterocycles. The molecule has 0 radical (unpaired) electrons. The Labute approximate surface area is 95.4 Å². The number of rotatable bonds is 1. The Balaban J connectivity index is 2.83. The number of furan rings is 1. The van der Waals surface area contributed by atoms with Crippen molar-refractivity contribution in [2.75, 3.05) is 7.11 Å². The molecule has 0 amide bonds. The molecule has 0 fully saturated rings. The van der Waals surface area contributed by atoms with Gasteiger partial charge >= 0.3 is 0 Å². The maximum Gasteiger partial charge on any atom is 0.139 e. The number of nitriles is 1. The van der Waals surface area contributed by atoms with E-state index in [0.29, 0.717) is 22.7 Å². The van der Waals surface area contributed by atoms with E-state index in [1.807, 2.05) is 6.07 Å². The molecule has 1 aromatic carbocycles. The lowest BCUT2D eigenvalue weighted by molar-refractivity contribution is 0.411. The van der Waals surface area contributed by atoms with Crippen LogP contribution in [-0.4, -0.2) is 7.11 Å². The van der Waals surface area contributed by atoms with Crippen molar-refractivity contribution in [2.45, 2.75) is 6.92 Å². The molecule has 0 saturated carbocycles. The predicted molar refractivity (Wildman–Crippen MR) is 59.9 cm³/mol. The molecule has 2 aromatic rings. The average molecular weight is 266 g/mol. The van der Waals surface area contributed by atoms with Gasteiger partial charge in [0.25, 0.3) is 0 Å². The molecule has 0 aliphatic rings. The van der Waals surface area contributed by atoms with Crippen molar-refractivity contribution >= 4 is 26.9 Å². The largest absolute Gasteiger partial charge is 0.495 e. The summed E-state index contributed by atoms with van der Waals surface area (Å²) in [4.78, 5) is 0. The maximum absolute atomic E-state index is 8.97. The monoisotopic (exact) mass is 265 g/mol. The number of ether oxygens (including phenoxy) is 1. The first-order chi connectivity index (χ1) is 7.17. The summed E-state index contributed by atoms with van der Waals surface area (Å²) in [6.45, 7) is 1.78. The smallest absolute Gasteiger partial charge is 0.139 e. The van der Waals surface area contributed by atoms with Gasteiger partial charge < -0.3 is 9.15 Å². The van der Waals surface area contributed by atoms with Crippen molar-refractivity contribution < 1.29 is 9.15 Å². The van der Waals surface area contributed by atoms with Crippen LogP contribution in [0.25, 0.3) is 11.0 Å². The van der Waals surface area contributed by atoms with E-state index in [4.69, 9.17) is 14.4 Å². The maximum atomic E-state index is 8.97. The zero-order valence-corrected chi connectivity index (χ0v) is 9.88. The fourth-order valence-electron chi connectivity index (χ4n) is 1.52. The summed E-state index contributed by atoms with van der Waals surface area (Å²) in [5.41, 5.74) is 1.25. The Morgan fingerprint density at radius 1 is 1.47 bits per heavy atom. The van der Waals surface area contributed by atoms with Crippen LogP contribution in [0.1, 0.15) is 11.3 Å². The van der Waals surface area contributed by atoms with E-state index in [1.165, 1.54) is 0 Å². The van der Waals surface area contributed by atoms with E-state index >= 15 is 0 Å². The third-order valence-electron chi connectivity index (χ3n) is 2.25. The highest BCUT2D eigenvalue weighted by Crippen LogP contribution is 2.34. The zero-order chi connectivity index (χ0) is 11.0. The van der Waals surface area contributed by atoms with Gasteiger partial charge in [0.2, 0.25) is 0 Å². The molecule has 3 nitrogen and oxygen atoms in total. The standard InChI is InChI=1S/C11H8BrNO2/c1-6-8(5-13)7-3-9(12)11(14-2)4-10(7)15-6/h3-4H,1-2H3. The van der Waals surface area contributed by atoms with Crippen LogP contribution in [0.3, 0.4) is 0 Å². The Morgan fingerprint density at radius 2 is 2.20 bits per heavy atom. The van der Waals surface area contributed by atoms with Gasteiger partial charge in [0.15, 0.2) is 0 Å². The summed E-state index contributed by atoms with van der Waals surface area (Å²) in [6, 6.07) is 5.74. The number of benzene rings is 1. The molecule has 0 bridgehead atoms. The minimum absolute atomic E-state index is 0.577. The molecule has 0 unspecified atom stereocenters. The van der Waals surface area contributed by atoms with Gasteiger partial charge in [-0.1, -0.05) is 0 Å². The highest BCUT2D eigenvalue weighted by atomic mass is 79.9. The first-order valence-electron chi connectivity index (χ1n) is 4.34. The molecule has 0 N–H and O–H groups in total. The minimum atomic E-state index is 0.577. The van der Waals surface area contributed by atoms with Crippen molar-refractivity contribution in [2.24, 2.45) is 0 Å². The van der Waals surface area contributed by atoms with Gasteiger partial charge in [-0.15, -0.1) is 0 Å². The second-order valence-electron chi connectivity index (χ2n) is 3.13. The van der Waals surface area contributed by atoms with Crippen molar-refractivity contribution in [3.63, 3.8) is 0 Å². The molecule has 0 aliphatic carbocycles. The third kappa shape index (κ3) is 1.49. The quantitative estimate of drug-likeness (QED) is 0.794. The number of nitrogens with zero attached hydrogens (tertiary/aromatic N) is 1. The van der Waals surface area contributed by atoms with E-state index in [9.17, 15) is 0 Å². The van der Waals surface area contributed by atoms with Gasteiger partial charge in [-0.3, -0.25) is 0 Å². The molecule has 2 rings (SSSR count). The fourth-order valence-corrected chi connectivity index (χ4v) is 2.02. The lowest BCUT2D eigenvalue weighted by Gasteiger charge is -2.01. The van der Waals surface area contributed by atoms with E-state index in [-0.39, 0.29) is 0 Å². The van der Waals surface area contributed by atoms with E-state index in [0.717, 1.165) is 9.86 Å². The number of hydrogen-bond acceptors (Lipinski definition) is 3. The molecule has 1 aromatic heterocycles. The predicted octanol–water partition coefficient (Wildman–Crippen LogP) is 3.38. The molecule has 0 spiro atoms. The molecular weight excluding hydrogens is 258 g/mol. The van der Waals surface area contributed by atoms with Gasteiger partial charge in [-0.25, -0.2) is 0 Å². The number of aryl methyl sites for hydroxylation is 1. The first kappa shape index (κ1) is 10.1. The summed E-state index contributed by atoms with van der Waals surface area (Å²) in [7, 11) is 1.59. The van der Waals surface area contributed by atoms with Crippen LogP contribution in [0, 0.1) is 18.3 Å². The Bertz CT molecular complexity index is 566. The third-order valence-corrected chi connectivity index (χ3v) is 2.87. The van der Waals surface area contributed by atoms with Gasteiger partial charge in [0.05, 0.1) is 11.6 Å². The first-order valence-corrected chi connectivity index (χ1v) is 5.13. The van der Waals surface area contributed by atoms with Gasteiger partial charge in [-0.05, 0) is 28.9 Å². The van der Waals surface area contributed by atoms with E-state index in [1.54, 1.807) is 20.1 Å². The van der Waals surface area contributed by atoms with Crippen molar-refractivity contribution in [3.8, 4) is 11.8 Å². The van der Waals surface area contributed by atoms with Gasteiger partial charge in [-0.2, -0.15) is 5.26 Å². The molecule has 0 atom stereocenters. The fraction of sp³-hybridized carbons (Fsp3) is 0.182. The lowest BCUT2D eigenvalue weighted by atomic mass is 10.1. The molecule has 15 heavy (non-hydrogen) atoms. The second-order valence-corrected chi connectivity index (χ2v) is 3.98. The summed E-state index contributed by atoms with van der Waals surface area (Å²) < 4.78 is 11.4. The number of fused-ring (bicyclic) bond motifs is 1. The van der Waals surface area contributed by atoms with Crippen LogP contribution >= 0.6 is 15.9 Å². The minimum Gasteiger partial charge on any atom is -0.495 e. The van der Waals surface area contributed by atoms with Crippen molar-refractivity contribution in [3.05, 3.63) is 27.9 Å². The molecule has 76 valence electrons. The molecule has 1 heterocycles. The van der Waals surface area contributed by atoms with Gasteiger partial charge in [0.1, 0.15) is 28.7 Å². The zero-order valence-electron chi connectivity index (χ0n) is 8.30. The average Bonchev–Trinajstić information content (AvgIpc) is 2.51. The molecule has 4 heteroatoms.